The fraction of sp³-hybridized carbons (Fsp3) is 0.250. The van der Waals surface area contributed by atoms with Crippen molar-refractivity contribution in [2.24, 2.45) is 0 Å². The molecule has 0 aliphatic heterocycles. The first-order chi connectivity index (χ1) is 9.85. The Morgan fingerprint density at radius 2 is 1.95 bits per heavy atom. The smallest absolute Gasteiger partial charge is 0.133 e. The summed E-state index contributed by atoms with van der Waals surface area (Å²) in [5, 5.41) is 10.7. The van der Waals surface area contributed by atoms with Gasteiger partial charge in [0, 0.05) is 10.9 Å². The molecule has 0 aliphatic carbocycles. The molecule has 21 heavy (non-hydrogen) atoms. The van der Waals surface area contributed by atoms with E-state index in [0.717, 1.165) is 0 Å². The van der Waals surface area contributed by atoms with Crippen LogP contribution in [0.25, 0.3) is 0 Å². The monoisotopic (exact) mass is 356 g/mol. The van der Waals surface area contributed by atoms with Crippen molar-refractivity contribution in [3.63, 3.8) is 0 Å². The molecule has 5 heteroatoms. The summed E-state index contributed by atoms with van der Waals surface area (Å²) in [7, 11) is 1.41. The molecule has 1 N–H and O–H groups in total. The summed E-state index contributed by atoms with van der Waals surface area (Å²) < 4.78 is 33.2. The van der Waals surface area contributed by atoms with Crippen molar-refractivity contribution in [2.75, 3.05) is 7.11 Å². The van der Waals surface area contributed by atoms with E-state index in [4.69, 9.17) is 4.74 Å². The van der Waals surface area contributed by atoms with E-state index >= 15 is 0 Å². The van der Waals surface area contributed by atoms with Crippen LogP contribution in [0.4, 0.5) is 8.78 Å². The largest absolute Gasteiger partial charge is 0.496 e. The lowest BCUT2D eigenvalue weighted by Crippen LogP contribution is -2.26. The van der Waals surface area contributed by atoms with Gasteiger partial charge in [-0.2, -0.15) is 0 Å². The first-order valence-corrected chi connectivity index (χ1v) is 7.14. The molecule has 0 saturated carbocycles. The van der Waals surface area contributed by atoms with Gasteiger partial charge in [-0.05, 0) is 42.8 Å². The Hall–Kier alpha value is -1.46. The molecule has 0 amide bonds. The Labute approximate surface area is 130 Å². The van der Waals surface area contributed by atoms with E-state index in [9.17, 15) is 13.9 Å². The van der Waals surface area contributed by atoms with Gasteiger partial charge in [0.05, 0.1) is 18.3 Å². The first kappa shape index (κ1) is 15.9. The number of aliphatic hydroxyl groups is 1. The van der Waals surface area contributed by atoms with Gasteiger partial charge in [0.15, 0.2) is 0 Å². The minimum absolute atomic E-state index is 0.0443. The van der Waals surface area contributed by atoms with E-state index in [-0.39, 0.29) is 17.7 Å². The molecular formula is C16H15BrF2O2. The van der Waals surface area contributed by atoms with Gasteiger partial charge in [0.2, 0.25) is 0 Å². The zero-order valence-corrected chi connectivity index (χ0v) is 13.2. The lowest BCUT2D eigenvalue weighted by molar-refractivity contribution is 0.0508. The maximum Gasteiger partial charge on any atom is 0.133 e. The molecule has 1 atom stereocenters. The number of ether oxygens (including phenoxy) is 1. The van der Waals surface area contributed by atoms with Crippen molar-refractivity contribution in [1.29, 1.82) is 0 Å². The van der Waals surface area contributed by atoms with Crippen LogP contribution in [0.3, 0.4) is 0 Å². The molecular weight excluding hydrogens is 342 g/mol. The van der Waals surface area contributed by atoms with Gasteiger partial charge in [0.25, 0.3) is 0 Å². The zero-order chi connectivity index (χ0) is 15.6. The second kappa shape index (κ2) is 6.12. The summed E-state index contributed by atoms with van der Waals surface area (Å²) in [6, 6.07) is 8.52. The van der Waals surface area contributed by atoms with Crippen LogP contribution >= 0.6 is 15.9 Å². The fourth-order valence-corrected chi connectivity index (χ4v) is 2.72. The highest BCUT2D eigenvalue weighted by Gasteiger charge is 2.31. The third-order valence-electron chi connectivity index (χ3n) is 3.28. The van der Waals surface area contributed by atoms with Gasteiger partial charge >= 0.3 is 0 Å². The number of benzene rings is 2. The highest BCUT2D eigenvalue weighted by molar-refractivity contribution is 9.10. The van der Waals surface area contributed by atoms with Gasteiger partial charge in [-0.3, -0.25) is 0 Å². The fourth-order valence-electron chi connectivity index (χ4n) is 2.34. The average Bonchev–Trinajstić information content (AvgIpc) is 2.42. The molecule has 0 aromatic heterocycles. The third-order valence-corrected chi connectivity index (χ3v) is 4.05. The second-order valence-corrected chi connectivity index (χ2v) is 5.86. The van der Waals surface area contributed by atoms with Crippen LogP contribution in [0.2, 0.25) is 0 Å². The standard InChI is InChI=1S/C16H15BrF2O2/c1-16(20,9-10-8-11(18)6-7-12(10)17)15-13(19)4-3-5-14(15)21-2/h3-8,20H,9H2,1-2H3. The second-order valence-electron chi connectivity index (χ2n) is 5.00. The number of rotatable bonds is 4. The van der Waals surface area contributed by atoms with Gasteiger partial charge in [0.1, 0.15) is 17.4 Å². The molecule has 112 valence electrons. The van der Waals surface area contributed by atoms with Gasteiger partial charge in [-0.15, -0.1) is 0 Å². The summed E-state index contributed by atoms with van der Waals surface area (Å²) in [5.41, 5.74) is -0.929. The van der Waals surface area contributed by atoms with E-state index < -0.39 is 17.2 Å². The zero-order valence-electron chi connectivity index (χ0n) is 11.7. The van der Waals surface area contributed by atoms with E-state index in [1.165, 1.54) is 38.3 Å². The van der Waals surface area contributed by atoms with Gasteiger partial charge < -0.3 is 9.84 Å². The first-order valence-electron chi connectivity index (χ1n) is 6.34. The number of methoxy groups -OCH3 is 1. The van der Waals surface area contributed by atoms with Crippen molar-refractivity contribution in [1.82, 2.24) is 0 Å². The molecule has 2 rings (SSSR count). The van der Waals surface area contributed by atoms with E-state index in [2.05, 4.69) is 15.9 Å². The lowest BCUT2D eigenvalue weighted by Gasteiger charge is -2.26. The molecule has 0 fully saturated rings. The SMILES string of the molecule is COc1cccc(F)c1C(C)(O)Cc1cc(F)ccc1Br. The number of halogens is 3. The predicted molar refractivity (Wildman–Crippen MR) is 80.3 cm³/mol. The molecule has 2 aromatic carbocycles. The van der Waals surface area contributed by atoms with Crippen LogP contribution in [0.1, 0.15) is 18.1 Å². The molecule has 0 heterocycles. The molecule has 2 aromatic rings. The quantitative estimate of drug-likeness (QED) is 0.889. The normalized spacial score (nSPS) is 13.8. The van der Waals surface area contributed by atoms with Crippen LogP contribution in [-0.4, -0.2) is 12.2 Å². The Kier molecular flexibility index (Phi) is 4.64. The van der Waals surface area contributed by atoms with Crippen molar-refractivity contribution >= 4 is 15.9 Å². The van der Waals surface area contributed by atoms with Crippen molar-refractivity contribution in [2.45, 2.75) is 18.9 Å². The Bertz CT molecular complexity index is 657. The molecule has 0 radical (unpaired) electrons. The molecule has 0 saturated heterocycles. The van der Waals surface area contributed by atoms with Crippen molar-refractivity contribution < 1.29 is 18.6 Å². The number of hydrogen-bond donors (Lipinski definition) is 1. The average molecular weight is 357 g/mol. The maximum absolute atomic E-state index is 14.1. The Morgan fingerprint density at radius 3 is 2.62 bits per heavy atom. The van der Waals surface area contributed by atoms with E-state index in [1.54, 1.807) is 12.1 Å². The number of hydrogen-bond acceptors (Lipinski definition) is 2. The lowest BCUT2D eigenvalue weighted by atomic mass is 9.88. The minimum Gasteiger partial charge on any atom is -0.496 e. The Balaban J connectivity index is 2.45. The third kappa shape index (κ3) is 3.41. The van der Waals surface area contributed by atoms with Crippen molar-refractivity contribution in [3.8, 4) is 5.75 Å². The molecule has 0 spiro atoms. The summed E-state index contributed by atoms with van der Waals surface area (Å²) in [6.07, 6.45) is 0.0443. The van der Waals surface area contributed by atoms with Crippen LogP contribution in [0, 0.1) is 11.6 Å². The molecule has 0 bridgehead atoms. The van der Waals surface area contributed by atoms with Crippen LogP contribution in [0.5, 0.6) is 5.75 Å². The van der Waals surface area contributed by atoms with Gasteiger partial charge in [-0.1, -0.05) is 22.0 Å². The Morgan fingerprint density at radius 1 is 1.24 bits per heavy atom. The highest BCUT2D eigenvalue weighted by Crippen LogP contribution is 2.36. The summed E-state index contributed by atoms with van der Waals surface area (Å²) in [4.78, 5) is 0. The molecule has 2 nitrogen and oxygen atoms in total. The summed E-state index contributed by atoms with van der Waals surface area (Å²) in [5.74, 6) is -0.719. The summed E-state index contributed by atoms with van der Waals surface area (Å²) in [6.45, 7) is 1.48. The van der Waals surface area contributed by atoms with Gasteiger partial charge in [-0.25, -0.2) is 8.78 Å². The highest BCUT2D eigenvalue weighted by atomic mass is 79.9. The summed E-state index contributed by atoms with van der Waals surface area (Å²) >= 11 is 3.31. The maximum atomic E-state index is 14.1. The predicted octanol–water partition coefficient (Wildman–Crippen LogP) is 4.19. The van der Waals surface area contributed by atoms with Crippen LogP contribution in [-0.2, 0) is 12.0 Å². The van der Waals surface area contributed by atoms with Crippen molar-refractivity contribution in [3.05, 3.63) is 63.6 Å². The minimum atomic E-state index is -1.53. The molecule has 1 unspecified atom stereocenters. The van der Waals surface area contributed by atoms with Crippen LogP contribution < -0.4 is 4.74 Å². The van der Waals surface area contributed by atoms with E-state index in [1.807, 2.05) is 0 Å². The molecule has 0 aliphatic rings. The van der Waals surface area contributed by atoms with Crippen LogP contribution in [0.15, 0.2) is 40.9 Å². The van der Waals surface area contributed by atoms with E-state index in [0.29, 0.717) is 10.0 Å². The topological polar surface area (TPSA) is 29.5 Å².